The maximum atomic E-state index is 12.3. The average molecular weight is 314 g/mol. The molecule has 1 aliphatic heterocycles. The molecule has 116 valence electrons. The number of sulfonamides is 1. The number of aryl methyl sites for hydroxylation is 1. The van der Waals surface area contributed by atoms with E-state index in [9.17, 15) is 13.2 Å². The number of ether oxygens (including phenoxy) is 1. The minimum absolute atomic E-state index is 0.0418. The minimum atomic E-state index is -3.56. The number of carboxylic acids is 1. The summed E-state index contributed by atoms with van der Waals surface area (Å²) in [6.45, 7) is 0.149. The van der Waals surface area contributed by atoms with Crippen LogP contribution in [0.1, 0.15) is 5.69 Å². The molecule has 2 heterocycles. The molecule has 1 fully saturated rings. The summed E-state index contributed by atoms with van der Waals surface area (Å²) < 4.78 is 30.9. The molecule has 2 atom stereocenters. The smallest absolute Gasteiger partial charge is 0.310 e. The molecule has 1 aliphatic rings. The topological polar surface area (TPSA) is 96.8 Å². The second kappa shape index (κ2) is 6.50. The summed E-state index contributed by atoms with van der Waals surface area (Å²) in [5.41, 5.74) is 0.687. The average Bonchev–Trinajstić information content (AvgIpc) is 2.95. The second-order valence-electron chi connectivity index (χ2n) is 4.95. The lowest BCUT2D eigenvalue weighted by molar-refractivity contribution is -0.142. The molecule has 8 heteroatoms. The molecule has 21 heavy (non-hydrogen) atoms. The molecule has 0 amide bonds. The van der Waals surface area contributed by atoms with E-state index in [1.54, 1.807) is 24.4 Å². The number of pyridine rings is 1. The van der Waals surface area contributed by atoms with Crippen LogP contribution >= 0.6 is 0 Å². The standard InChI is InChI=1S/C13H18N2O5S/c1-15(12-9-20-8-11(12)13(16)17)21(18,19)7-5-10-4-2-3-6-14-10/h2-4,6,11-12H,5,7-9H2,1H3,(H,16,17). The van der Waals surface area contributed by atoms with Gasteiger partial charge in [0.05, 0.1) is 30.9 Å². The lowest BCUT2D eigenvalue weighted by Crippen LogP contribution is -2.45. The Hall–Kier alpha value is -1.51. The van der Waals surface area contributed by atoms with E-state index in [0.717, 1.165) is 4.31 Å². The van der Waals surface area contributed by atoms with E-state index < -0.39 is 28.0 Å². The number of aliphatic carboxylic acids is 1. The molecular formula is C13H18N2O5S. The fourth-order valence-electron chi connectivity index (χ4n) is 2.27. The highest BCUT2D eigenvalue weighted by Crippen LogP contribution is 2.21. The molecule has 1 aromatic heterocycles. The van der Waals surface area contributed by atoms with E-state index in [4.69, 9.17) is 9.84 Å². The Balaban J connectivity index is 2.03. The SMILES string of the molecule is CN(C1COCC1C(=O)O)S(=O)(=O)CCc1ccccn1. The van der Waals surface area contributed by atoms with E-state index in [0.29, 0.717) is 12.1 Å². The Labute approximate surface area is 123 Å². The molecule has 0 radical (unpaired) electrons. The summed E-state index contributed by atoms with van der Waals surface area (Å²) in [5, 5.41) is 9.09. The first kappa shape index (κ1) is 15.9. The zero-order valence-corrected chi connectivity index (χ0v) is 12.5. The van der Waals surface area contributed by atoms with Gasteiger partial charge in [0.2, 0.25) is 10.0 Å². The van der Waals surface area contributed by atoms with Crippen LogP contribution in [0, 0.1) is 5.92 Å². The fraction of sp³-hybridized carbons (Fsp3) is 0.538. The molecule has 1 aromatic rings. The van der Waals surface area contributed by atoms with Gasteiger partial charge in [-0.2, -0.15) is 4.31 Å². The van der Waals surface area contributed by atoms with Gasteiger partial charge < -0.3 is 9.84 Å². The molecule has 0 aliphatic carbocycles. The number of hydrogen-bond donors (Lipinski definition) is 1. The van der Waals surface area contributed by atoms with Gasteiger partial charge in [-0.1, -0.05) is 6.07 Å². The molecule has 0 saturated carbocycles. The maximum absolute atomic E-state index is 12.3. The molecule has 0 bridgehead atoms. The predicted molar refractivity (Wildman–Crippen MR) is 75.2 cm³/mol. The Morgan fingerprint density at radius 2 is 2.24 bits per heavy atom. The van der Waals surface area contributed by atoms with Crippen LogP contribution in [0.5, 0.6) is 0 Å². The Morgan fingerprint density at radius 3 is 2.86 bits per heavy atom. The third-order valence-electron chi connectivity index (χ3n) is 3.62. The van der Waals surface area contributed by atoms with Gasteiger partial charge in [-0.05, 0) is 12.1 Å². The molecule has 2 rings (SSSR count). The number of nitrogens with zero attached hydrogens (tertiary/aromatic N) is 2. The summed E-state index contributed by atoms with van der Waals surface area (Å²) in [4.78, 5) is 15.2. The van der Waals surface area contributed by atoms with Crippen molar-refractivity contribution < 1.29 is 23.1 Å². The van der Waals surface area contributed by atoms with Crippen molar-refractivity contribution in [3.05, 3.63) is 30.1 Å². The first-order valence-corrected chi connectivity index (χ1v) is 8.19. The molecule has 0 aromatic carbocycles. The summed E-state index contributed by atoms with van der Waals surface area (Å²) in [6.07, 6.45) is 1.90. The lowest BCUT2D eigenvalue weighted by atomic mass is 10.1. The molecule has 1 saturated heterocycles. The first-order chi connectivity index (χ1) is 9.92. The van der Waals surface area contributed by atoms with Crippen molar-refractivity contribution in [3.63, 3.8) is 0 Å². The number of hydrogen-bond acceptors (Lipinski definition) is 5. The largest absolute Gasteiger partial charge is 0.481 e. The number of carbonyl (C=O) groups is 1. The van der Waals surface area contributed by atoms with Crippen molar-refractivity contribution in [2.75, 3.05) is 26.0 Å². The van der Waals surface area contributed by atoms with Gasteiger partial charge in [-0.15, -0.1) is 0 Å². The Morgan fingerprint density at radius 1 is 1.48 bits per heavy atom. The quantitative estimate of drug-likeness (QED) is 0.793. The van der Waals surface area contributed by atoms with E-state index in [2.05, 4.69) is 4.98 Å². The molecule has 2 unspecified atom stereocenters. The minimum Gasteiger partial charge on any atom is -0.481 e. The molecule has 0 spiro atoms. The number of aromatic nitrogens is 1. The van der Waals surface area contributed by atoms with Crippen LogP contribution in [0.2, 0.25) is 0 Å². The van der Waals surface area contributed by atoms with Gasteiger partial charge in [-0.25, -0.2) is 8.42 Å². The highest BCUT2D eigenvalue weighted by Gasteiger charge is 2.40. The fourth-order valence-corrected chi connectivity index (χ4v) is 3.64. The number of rotatable bonds is 6. The van der Waals surface area contributed by atoms with Crippen molar-refractivity contribution >= 4 is 16.0 Å². The van der Waals surface area contributed by atoms with Crippen LogP contribution in [0.25, 0.3) is 0 Å². The summed E-state index contributed by atoms with van der Waals surface area (Å²) in [6, 6.07) is 4.66. The first-order valence-electron chi connectivity index (χ1n) is 6.58. The van der Waals surface area contributed by atoms with Crippen molar-refractivity contribution in [3.8, 4) is 0 Å². The third kappa shape index (κ3) is 3.78. The van der Waals surface area contributed by atoms with Crippen molar-refractivity contribution in [2.45, 2.75) is 12.5 Å². The number of likely N-dealkylation sites (N-methyl/N-ethyl adjacent to an activating group) is 1. The van der Waals surface area contributed by atoms with Gasteiger partial charge in [0, 0.05) is 25.4 Å². The summed E-state index contributed by atoms with van der Waals surface area (Å²) in [5.74, 6) is -1.97. The van der Waals surface area contributed by atoms with Crippen LogP contribution in [0.15, 0.2) is 24.4 Å². The lowest BCUT2D eigenvalue weighted by Gasteiger charge is -2.25. The Bertz CT molecular complexity index is 590. The van der Waals surface area contributed by atoms with Gasteiger partial charge in [-0.3, -0.25) is 9.78 Å². The molecular weight excluding hydrogens is 296 g/mol. The second-order valence-corrected chi connectivity index (χ2v) is 7.10. The van der Waals surface area contributed by atoms with Gasteiger partial charge >= 0.3 is 5.97 Å². The van der Waals surface area contributed by atoms with E-state index in [1.807, 2.05) is 0 Å². The van der Waals surface area contributed by atoms with Crippen molar-refractivity contribution in [1.82, 2.24) is 9.29 Å². The number of carboxylic acid groups (broad SMARTS) is 1. The van der Waals surface area contributed by atoms with E-state index >= 15 is 0 Å². The van der Waals surface area contributed by atoms with Gasteiger partial charge in [0.1, 0.15) is 0 Å². The van der Waals surface area contributed by atoms with Crippen LogP contribution in [0.4, 0.5) is 0 Å². The van der Waals surface area contributed by atoms with Crippen molar-refractivity contribution in [2.24, 2.45) is 5.92 Å². The Kier molecular flexibility index (Phi) is 4.92. The summed E-state index contributed by atoms with van der Waals surface area (Å²) in [7, 11) is -2.15. The monoisotopic (exact) mass is 314 g/mol. The predicted octanol–water partition coefficient (Wildman–Crippen LogP) is -0.0147. The zero-order valence-electron chi connectivity index (χ0n) is 11.7. The van der Waals surface area contributed by atoms with E-state index in [-0.39, 0.29) is 19.0 Å². The van der Waals surface area contributed by atoms with Crippen LogP contribution in [-0.4, -0.2) is 60.8 Å². The van der Waals surface area contributed by atoms with Crippen LogP contribution in [0.3, 0.4) is 0 Å². The van der Waals surface area contributed by atoms with E-state index in [1.165, 1.54) is 7.05 Å². The van der Waals surface area contributed by atoms with Crippen LogP contribution < -0.4 is 0 Å². The molecule has 7 nitrogen and oxygen atoms in total. The summed E-state index contributed by atoms with van der Waals surface area (Å²) >= 11 is 0. The van der Waals surface area contributed by atoms with Gasteiger partial charge in [0.25, 0.3) is 0 Å². The third-order valence-corrected chi connectivity index (χ3v) is 5.48. The highest BCUT2D eigenvalue weighted by atomic mass is 32.2. The maximum Gasteiger partial charge on any atom is 0.310 e. The van der Waals surface area contributed by atoms with Crippen molar-refractivity contribution in [1.29, 1.82) is 0 Å². The van der Waals surface area contributed by atoms with Crippen LogP contribution in [-0.2, 0) is 26.0 Å². The molecule has 1 N–H and O–H groups in total. The highest BCUT2D eigenvalue weighted by molar-refractivity contribution is 7.89. The van der Waals surface area contributed by atoms with Gasteiger partial charge in [0.15, 0.2) is 0 Å². The zero-order chi connectivity index (χ0) is 15.5. The normalized spacial score (nSPS) is 22.6.